The maximum Gasteiger partial charge on any atom is 0.387 e. The number of para-hydroxylation sites is 1. The first-order valence-electron chi connectivity index (χ1n) is 9.70. The summed E-state index contributed by atoms with van der Waals surface area (Å²) in [5, 5.41) is 0. The molecule has 0 saturated carbocycles. The van der Waals surface area contributed by atoms with Gasteiger partial charge < -0.3 is 19.3 Å². The van der Waals surface area contributed by atoms with Gasteiger partial charge in [-0.1, -0.05) is 18.2 Å². The third kappa shape index (κ3) is 5.16. The fourth-order valence-electron chi connectivity index (χ4n) is 3.63. The van der Waals surface area contributed by atoms with Gasteiger partial charge in [0.25, 0.3) is 5.91 Å². The van der Waals surface area contributed by atoms with Crippen LogP contribution in [0.5, 0.6) is 11.5 Å². The zero-order valence-electron chi connectivity index (χ0n) is 16.7. The van der Waals surface area contributed by atoms with Crippen molar-refractivity contribution in [3.63, 3.8) is 0 Å². The Bertz CT molecular complexity index is 839. The minimum atomic E-state index is -2.96. The van der Waals surface area contributed by atoms with Crippen molar-refractivity contribution < 1.29 is 23.0 Å². The SMILES string of the molecule is COc1cc(C(=O)N(C)Cc2ccccc2N2CCCCC2)ccc1OC(F)F. The zero-order valence-corrected chi connectivity index (χ0v) is 16.7. The fraction of sp³-hybridized carbons (Fsp3) is 0.409. The lowest BCUT2D eigenvalue weighted by molar-refractivity contribution is -0.0512. The van der Waals surface area contributed by atoms with Gasteiger partial charge in [-0.25, -0.2) is 0 Å². The molecule has 7 heteroatoms. The summed E-state index contributed by atoms with van der Waals surface area (Å²) in [6.45, 7) is -0.461. The highest BCUT2D eigenvalue weighted by Crippen LogP contribution is 2.30. The average molecular weight is 404 g/mol. The highest BCUT2D eigenvalue weighted by Gasteiger charge is 2.19. The van der Waals surface area contributed by atoms with Gasteiger partial charge in [0, 0.05) is 37.9 Å². The molecule has 0 aromatic heterocycles. The van der Waals surface area contributed by atoms with E-state index in [0.29, 0.717) is 12.1 Å². The van der Waals surface area contributed by atoms with E-state index in [4.69, 9.17) is 4.74 Å². The quantitative estimate of drug-likeness (QED) is 0.679. The summed E-state index contributed by atoms with van der Waals surface area (Å²) in [7, 11) is 3.08. The van der Waals surface area contributed by atoms with Gasteiger partial charge in [-0.05, 0) is 49.1 Å². The van der Waals surface area contributed by atoms with Crippen LogP contribution in [0, 0.1) is 0 Å². The van der Waals surface area contributed by atoms with Gasteiger partial charge in [0.15, 0.2) is 11.5 Å². The topological polar surface area (TPSA) is 42.0 Å². The van der Waals surface area contributed by atoms with Crippen molar-refractivity contribution in [2.45, 2.75) is 32.4 Å². The second kappa shape index (κ2) is 9.58. The van der Waals surface area contributed by atoms with Crippen LogP contribution in [0.4, 0.5) is 14.5 Å². The highest BCUT2D eigenvalue weighted by molar-refractivity contribution is 5.94. The van der Waals surface area contributed by atoms with Crippen LogP contribution >= 0.6 is 0 Å². The van der Waals surface area contributed by atoms with Crippen LogP contribution in [0.25, 0.3) is 0 Å². The lowest BCUT2D eigenvalue weighted by Gasteiger charge is -2.31. The number of rotatable bonds is 7. The third-order valence-corrected chi connectivity index (χ3v) is 5.07. The van der Waals surface area contributed by atoms with E-state index in [-0.39, 0.29) is 17.4 Å². The highest BCUT2D eigenvalue weighted by atomic mass is 19.3. The number of carbonyl (C=O) groups is 1. The number of piperidine rings is 1. The van der Waals surface area contributed by atoms with Crippen molar-refractivity contribution in [2.75, 3.05) is 32.1 Å². The number of hydrogen-bond donors (Lipinski definition) is 0. The number of carbonyl (C=O) groups excluding carboxylic acids is 1. The van der Waals surface area contributed by atoms with Crippen LogP contribution < -0.4 is 14.4 Å². The van der Waals surface area contributed by atoms with Crippen LogP contribution in [0.1, 0.15) is 35.2 Å². The molecule has 156 valence electrons. The lowest BCUT2D eigenvalue weighted by atomic mass is 10.1. The average Bonchev–Trinajstić information content (AvgIpc) is 2.74. The summed E-state index contributed by atoms with van der Waals surface area (Å²) in [5.41, 5.74) is 2.58. The number of nitrogens with zero attached hydrogens (tertiary/aromatic N) is 2. The molecule has 0 atom stereocenters. The van der Waals surface area contributed by atoms with Gasteiger partial charge in [-0.3, -0.25) is 4.79 Å². The molecule has 0 N–H and O–H groups in total. The van der Waals surface area contributed by atoms with E-state index in [1.165, 1.54) is 44.6 Å². The first-order valence-corrected chi connectivity index (χ1v) is 9.70. The molecule has 29 heavy (non-hydrogen) atoms. The Labute approximate surface area is 169 Å². The number of hydrogen-bond acceptors (Lipinski definition) is 4. The summed E-state index contributed by atoms with van der Waals surface area (Å²) >= 11 is 0. The number of anilines is 1. The molecule has 0 spiro atoms. The number of ether oxygens (including phenoxy) is 2. The van der Waals surface area contributed by atoms with Crippen LogP contribution in [0.15, 0.2) is 42.5 Å². The molecule has 1 fully saturated rings. The molecule has 0 unspecified atom stereocenters. The first-order chi connectivity index (χ1) is 14.0. The molecular formula is C22H26F2N2O3. The summed E-state index contributed by atoms with van der Waals surface area (Å²) in [6.07, 6.45) is 3.61. The van der Waals surface area contributed by atoms with Gasteiger partial charge in [0.2, 0.25) is 0 Å². The minimum absolute atomic E-state index is 0.0956. The van der Waals surface area contributed by atoms with Crippen molar-refractivity contribution in [2.24, 2.45) is 0 Å². The number of alkyl halides is 2. The van der Waals surface area contributed by atoms with Gasteiger partial charge in [-0.15, -0.1) is 0 Å². The monoisotopic (exact) mass is 404 g/mol. The molecule has 1 amide bonds. The summed E-state index contributed by atoms with van der Waals surface area (Å²) < 4.78 is 34.5. The van der Waals surface area contributed by atoms with E-state index < -0.39 is 6.61 Å². The summed E-state index contributed by atoms with van der Waals surface area (Å²) in [4.78, 5) is 16.9. The van der Waals surface area contributed by atoms with Crippen LogP contribution in [-0.4, -0.2) is 44.7 Å². The normalized spacial score (nSPS) is 14.0. The van der Waals surface area contributed by atoms with Crippen LogP contribution in [0.3, 0.4) is 0 Å². The fourth-order valence-corrected chi connectivity index (χ4v) is 3.63. The molecule has 3 rings (SSSR count). The van der Waals surface area contributed by atoms with Gasteiger partial charge >= 0.3 is 6.61 Å². The molecule has 1 saturated heterocycles. The Morgan fingerprint density at radius 2 is 1.83 bits per heavy atom. The molecule has 2 aromatic rings. The summed E-state index contributed by atoms with van der Waals surface area (Å²) in [6, 6.07) is 12.3. The minimum Gasteiger partial charge on any atom is -0.493 e. The van der Waals surface area contributed by atoms with Gasteiger partial charge in [0.05, 0.1) is 7.11 Å². The van der Waals surface area contributed by atoms with Crippen molar-refractivity contribution >= 4 is 11.6 Å². The van der Waals surface area contributed by atoms with Gasteiger partial charge in [0.1, 0.15) is 0 Å². The number of halogens is 2. The third-order valence-electron chi connectivity index (χ3n) is 5.07. The Kier molecular flexibility index (Phi) is 6.90. The van der Waals surface area contributed by atoms with Crippen molar-refractivity contribution in [3.8, 4) is 11.5 Å². The standard InChI is InChI=1S/C22H26F2N2O3/c1-25(15-17-8-4-5-9-18(17)26-12-6-3-7-13-26)21(27)16-10-11-19(29-22(23)24)20(14-16)28-2/h4-5,8-11,14,22H,3,6-7,12-13,15H2,1-2H3. The molecule has 1 heterocycles. The largest absolute Gasteiger partial charge is 0.493 e. The van der Waals surface area contributed by atoms with E-state index in [9.17, 15) is 13.6 Å². The second-order valence-corrected chi connectivity index (χ2v) is 7.08. The van der Waals surface area contributed by atoms with Crippen LogP contribution in [-0.2, 0) is 6.54 Å². The van der Waals surface area contributed by atoms with Crippen molar-refractivity contribution in [1.82, 2.24) is 4.90 Å². The Morgan fingerprint density at radius 3 is 2.52 bits per heavy atom. The molecule has 2 aromatic carbocycles. The molecule has 0 aliphatic carbocycles. The Hall–Kier alpha value is -2.83. The molecule has 0 bridgehead atoms. The zero-order chi connectivity index (χ0) is 20.8. The van der Waals surface area contributed by atoms with E-state index >= 15 is 0 Å². The predicted octanol–water partition coefficient (Wildman–Crippen LogP) is 4.56. The maximum atomic E-state index is 12.9. The molecule has 5 nitrogen and oxygen atoms in total. The Morgan fingerprint density at radius 1 is 1.10 bits per heavy atom. The molecule has 1 aliphatic heterocycles. The second-order valence-electron chi connectivity index (χ2n) is 7.08. The lowest BCUT2D eigenvalue weighted by Crippen LogP contribution is -2.32. The summed E-state index contributed by atoms with van der Waals surface area (Å²) in [5.74, 6) is -0.226. The Balaban J connectivity index is 1.76. The molecule has 1 aliphatic rings. The number of benzene rings is 2. The molecular weight excluding hydrogens is 378 g/mol. The maximum absolute atomic E-state index is 12.9. The van der Waals surface area contributed by atoms with Crippen molar-refractivity contribution in [3.05, 3.63) is 53.6 Å². The molecule has 0 radical (unpaired) electrons. The smallest absolute Gasteiger partial charge is 0.387 e. The van der Waals surface area contributed by atoms with Crippen molar-refractivity contribution in [1.29, 1.82) is 0 Å². The van der Waals surface area contributed by atoms with E-state index in [2.05, 4.69) is 15.7 Å². The predicted molar refractivity (Wildman–Crippen MR) is 108 cm³/mol. The van der Waals surface area contributed by atoms with E-state index in [1.807, 2.05) is 18.2 Å². The number of methoxy groups -OCH3 is 1. The van der Waals surface area contributed by atoms with Crippen LogP contribution in [0.2, 0.25) is 0 Å². The number of amides is 1. The van der Waals surface area contributed by atoms with E-state index in [1.54, 1.807) is 11.9 Å². The van der Waals surface area contributed by atoms with E-state index in [0.717, 1.165) is 24.3 Å². The van der Waals surface area contributed by atoms with Gasteiger partial charge in [-0.2, -0.15) is 8.78 Å². The first kappa shape index (κ1) is 20.9.